The predicted molar refractivity (Wildman–Crippen MR) is 63.1 cm³/mol. The van der Waals surface area contributed by atoms with Crippen molar-refractivity contribution in [2.75, 3.05) is 18.1 Å². The first-order valence-electron chi connectivity index (χ1n) is 5.17. The molecule has 0 aliphatic carbocycles. The fraction of sp³-hybridized carbons (Fsp3) is 0.778. The summed E-state index contributed by atoms with van der Waals surface area (Å²) in [6, 6.07) is 0. The molecule has 0 saturated carbocycles. The van der Waals surface area contributed by atoms with Crippen LogP contribution in [0.3, 0.4) is 0 Å². The first-order chi connectivity index (χ1) is 7.15. The Morgan fingerprint density at radius 1 is 1.40 bits per heavy atom. The lowest BCUT2D eigenvalue weighted by atomic mass is 10.1. The molecule has 4 N–H and O–H groups in total. The van der Waals surface area contributed by atoms with Gasteiger partial charge in [-0.3, -0.25) is 0 Å². The van der Waals surface area contributed by atoms with Gasteiger partial charge in [-0.2, -0.15) is 0 Å². The number of nitrogen functional groups attached to an aromatic ring is 1. The zero-order valence-corrected chi connectivity index (χ0v) is 10.1. The largest absolute Gasteiger partial charge is 0.336 e. The van der Waals surface area contributed by atoms with Crippen LogP contribution in [-0.4, -0.2) is 27.2 Å². The molecule has 0 aromatic carbocycles. The highest BCUT2D eigenvalue weighted by Gasteiger charge is 2.10. The molecule has 1 aromatic heterocycles. The molecule has 0 unspecified atom stereocenters. The number of rotatable bonds is 6. The minimum Gasteiger partial charge on any atom is -0.336 e. The minimum atomic E-state index is 0.540. The summed E-state index contributed by atoms with van der Waals surface area (Å²) in [5.41, 5.74) is 5.41. The molecule has 0 atom stereocenters. The zero-order valence-electron chi connectivity index (χ0n) is 9.31. The van der Waals surface area contributed by atoms with E-state index in [2.05, 4.69) is 24.0 Å². The van der Waals surface area contributed by atoms with Gasteiger partial charge in [0, 0.05) is 12.2 Å². The number of aromatic nitrogens is 3. The Bertz CT molecular complexity index is 297. The van der Waals surface area contributed by atoms with Gasteiger partial charge >= 0.3 is 0 Å². The highest BCUT2D eigenvalue weighted by atomic mass is 32.2. The topological polar surface area (TPSA) is 82.8 Å². The number of nitrogens with zero attached hydrogens (tertiary/aromatic N) is 3. The molecule has 1 rings (SSSR count). The molecule has 15 heavy (non-hydrogen) atoms. The Morgan fingerprint density at radius 3 is 2.73 bits per heavy atom. The van der Waals surface area contributed by atoms with Crippen LogP contribution >= 0.6 is 11.8 Å². The summed E-state index contributed by atoms with van der Waals surface area (Å²) < 4.78 is 1.58. The average Bonchev–Trinajstić information content (AvgIpc) is 2.49. The van der Waals surface area contributed by atoms with Crippen molar-refractivity contribution in [1.82, 2.24) is 14.9 Å². The van der Waals surface area contributed by atoms with Crippen molar-refractivity contribution in [3.05, 3.63) is 5.82 Å². The molecular weight excluding hydrogens is 210 g/mol. The van der Waals surface area contributed by atoms with Crippen LogP contribution in [-0.2, 0) is 6.42 Å². The molecule has 5 nitrogen and oxygen atoms in total. The van der Waals surface area contributed by atoms with Crippen molar-refractivity contribution < 1.29 is 0 Å². The maximum absolute atomic E-state index is 5.87. The molecule has 0 bridgehead atoms. The van der Waals surface area contributed by atoms with Gasteiger partial charge < -0.3 is 11.6 Å². The molecule has 0 spiro atoms. The standard InChI is InChI=1S/C9H19N5S/c1-7(2)6-8-12-13-9(14(8)11)15-5-3-4-10/h7H,3-6,10-11H2,1-2H3. The maximum Gasteiger partial charge on any atom is 0.209 e. The van der Waals surface area contributed by atoms with Gasteiger partial charge in [0.15, 0.2) is 5.82 Å². The van der Waals surface area contributed by atoms with Crippen LogP contribution in [0.1, 0.15) is 26.1 Å². The Labute approximate surface area is 94.6 Å². The van der Waals surface area contributed by atoms with Gasteiger partial charge in [0.1, 0.15) is 0 Å². The second-order valence-electron chi connectivity index (χ2n) is 3.86. The fourth-order valence-corrected chi connectivity index (χ4v) is 1.99. The summed E-state index contributed by atoms with van der Waals surface area (Å²) in [5, 5.41) is 8.90. The van der Waals surface area contributed by atoms with E-state index >= 15 is 0 Å². The molecule has 0 saturated heterocycles. The van der Waals surface area contributed by atoms with Crippen molar-refractivity contribution in [3.8, 4) is 0 Å². The van der Waals surface area contributed by atoms with Gasteiger partial charge in [0.25, 0.3) is 0 Å². The number of nitrogens with two attached hydrogens (primary N) is 2. The van der Waals surface area contributed by atoms with Crippen LogP contribution in [0.4, 0.5) is 0 Å². The molecular formula is C9H19N5S. The van der Waals surface area contributed by atoms with Crippen LogP contribution in [0, 0.1) is 5.92 Å². The Balaban J connectivity index is 2.55. The summed E-state index contributed by atoms with van der Waals surface area (Å²) in [6.45, 7) is 4.97. The van der Waals surface area contributed by atoms with E-state index in [0.717, 1.165) is 29.6 Å². The molecule has 0 fully saturated rings. The van der Waals surface area contributed by atoms with Gasteiger partial charge in [-0.1, -0.05) is 25.6 Å². The number of hydrogen-bond acceptors (Lipinski definition) is 5. The highest BCUT2D eigenvalue weighted by Crippen LogP contribution is 2.16. The minimum absolute atomic E-state index is 0.540. The van der Waals surface area contributed by atoms with Crippen LogP contribution in [0.25, 0.3) is 0 Å². The lowest BCUT2D eigenvalue weighted by molar-refractivity contribution is 0.603. The van der Waals surface area contributed by atoms with Crippen molar-refractivity contribution in [1.29, 1.82) is 0 Å². The molecule has 0 aliphatic rings. The van der Waals surface area contributed by atoms with Crippen LogP contribution < -0.4 is 11.6 Å². The van der Waals surface area contributed by atoms with Gasteiger partial charge in [-0.25, -0.2) is 4.68 Å². The van der Waals surface area contributed by atoms with Crippen LogP contribution in [0.2, 0.25) is 0 Å². The second kappa shape index (κ2) is 5.97. The SMILES string of the molecule is CC(C)Cc1nnc(SCCCN)n1N. The molecule has 6 heteroatoms. The van der Waals surface area contributed by atoms with E-state index in [-0.39, 0.29) is 0 Å². The average molecular weight is 229 g/mol. The Hall–Kier alpha value is -0.750. The molecule has 1 aromatic rings. The zero-order chi connectivity index (χ0) is 11.3. The maximum atomic E-state index is 5.87. The van der Waals surface area contributed by atoms with Gasteiger partial charge in [-0.15, -0.1) is 10.2 Å². The van der Waals surface area contributed by atoms with Crippen molar-refractivity contribution in [2.45, 2.75) is 31.8 Å². The summed E-state index contributed by atoms with van der Waals surface area (Å²) >= 11 is 1.60. The van der Waals surface area contributed by atoms with Gasteiger partial charge in [0.2, 0.25) is 5.16 Å². The Morgan fingerprint density at radius 2 is 2.13 bits per heavy atom. The quantitative estimate of drug-likeness (QED) is 0.425. The van der Waals surface area contributed by atoms with Gasteiger partial charge in [-0.05, 0) is 18.9 Å². The summed E-state index contributed by atoms with van der Waals surface area (Å²) in [7, 11) is 0. The van der Waals surface area contributed by atoms with Crippen molar-refractivity contribution >= 4 is 11.8 Å². The normalized spacial score (nSPS) is 11.2. The van der Waals surface area contributed by atoms with Crippen LogP contribution in [0.5, 0.6) is 0 Å². The molecule has 0 aliphatic heterocycles. The summed E-state index contributed by atoms with van der Waals surface area (Å²) in [6.07, 6.45) is 1.83. The molecule has 86 valence electrons. The lowest BCUT2D eigenvalue weighted by Crippen LogP contribution is -2.15. The fourth-order valence-electron chi connectivity index (χ4n) is 1.16. The number of thioether (sulfide) groups is 1. The summed E-state index contributed by atoms with van der Waals surface area (Å²) in [4.78, 5) is 0. The third-order valence-corrected chi connectivity index (χ3v) is 2.93. The molecule has 0 radical (unpaired) electrons. The molecule has 0 amide bonds. The second-order valence-corrected chi connectivity index (χ2v) is 4.92. The third kappa shape index (κ3) is 3.71. The van der Waals surface area contributed by atoms with E-state index in [0.29, 0.717) is 12.5 Å². The Kier molecular flexibility index (Phi) is 4.90. The van der Waals surface area contributed by atoms with Crippen molar-refractivity contribution in [2.24, 2.45) is 11.7 Å². The smallest absolute Gasteiger partial charge is 0.209 e. The monoisotopic (exact) mass is 229 g/mol. The van der Waals surface area contributed by atoms with Crippen LogP contribution in [0.15, 0.2) is 5.16 Å². The first-order valence-corrected chi connectivity index (χ1v) is 6.16. The van der Waals surface area contributed by atoms with E-state index < -0.39 is 0 Å². The first kappa shape index (κ1) is 12.3. The summed E-state index contributed by atoms with van der Waals surface area (Å²) in [5.74, 6) is 8.20. The molecule has 1 heterocycles. The van der Waals surface area contributed by atoms with E-state index in [1.54, 1.807) is 16.4 Å². The lowest BCUT2D eigenvalue weighted by Gasteiger charge is -2.04. The van der Waals surface area contributed by atoms with Gasteiger partial charge in [0.05, 0.1) is 0 Å². The van der Waals surface area contributed by atoms with Crippen molar-refractivity contribution in [3.63, 3.8) is 0 Å². The third-order valence-electron chi connectivity index (χ3n) is 1.91. The van der Waals surface area contributed by atoms with E-state index in [9.17, 15) is 0 Å². The van der Waals surface area contributed by atoms with E-state index in [1.807, 2.05) is 0 Å². The van der Waals surface area contributed by atoms with E-state index in [1.165, 1.54) is 0 Å². The predicted octanol–water partition coefficient (Wildman–Crippen LogP) is 0.631. The van der Waals surface area contributed by atoms with E-state index in [4.69, 9.17) is 11.6 Å². The number of hydrogen-bond donors (Lipinski definition) is 2. The highest BCUT2D eigenvalue weighted by molar-refractivity contribution is 7.99.